The molecular weight excluding hydrogens is 449 g/mol. The fraction of sp³-hybridized carbons (Fsp3) is 0.857. The maximum atomic E-state index is 13.4. The highest BCUT2D eigenvalue weighted by Crippen LogP contribution is 2.67. The molecule has 5 nitrogen and oxygen atoms in total. The van der Waals surface area contributed by atoms with Crippen LogP contribution < -0.4 is 0 Å². The SMILES string of the molecule is C=C[C@]1(C)C[C@@H](OC(=O)CSC[13CH2]N([13CH2]C)[13CH2]C)[C@@]2(C)C(C)CCC3(CCC(=O)[C@H]32)[C@@H](C)C1O. The van der Waals surface area contributed by atoms with Crippen molar-refractivity contribution in [1.82, 2.24) is 4.90 Å². The van der Waals surface area contributed by atoms with Crippen LogP contribution in [0.5, 0.6) is 0 Å². The van der Waals surface area contributed by atoms with Crippen LogP contribution in [0.25, 0.3) is 0 Å². The van der Waals surface area contributed by atoms with Gasteiger partial charge in [-0.25, -0.2) is 0 Å². The molecule has 0 amide bonds. The smallest absolute Gasteiger partial charge is 0.316 e. The summed E-state index contributed by atoms with van der Waals surface area (Å²) < 4.78 is 6.30. The second-order valence-electron chi connectivity index (χ2n) is 11.6. The molecule has 6 heteroatoms. The molecule has 0 aromatic rings. The molecule has 3 saturated carbocycles. The van der Waals surface area contributed by atoms with Crippen LogP contribution in [0.3, 0.4) is 0 Å². The average molecular weight is 497 g/mol. The van der Waals surface area contributed by atoms with E-state index in [-0.39, 0.29) is 29.1 Å². The van der Waals surface area contributed by atoms with Crippen LogP contribution in [0.4, 0.5) is 0 Å². The highest BCUT2D eigenvalue weighted by molar-refractivity contribution is 7.99. The van der Waals surface area contributed by atoms with Gasteiger partial charge >= 0.3 is 5.97 Å². The highest BCUT2D eigenvalue weighted by atomic mass is 32.2. The predicted octanol–water partition coefficient (Wildman–Crippen LogP) is 4.97. The molecule has 0 aromatic carbocycles. The van der Waals surface area contributed by atoms with Gasteiger partial charge in [0.15, 0.2) is 0 Å². The molecule has 0 radical (unpaired) electrons. The molecule has 3 unspecified atom stereocenters. The number of aliphatic hydroxyl groups is 1. The molecule has 3 aliphatic rings. The van der Waals surface area contributed by atoms with Crippen molar-refractivity contribution in [3.63, 3.8) is 0 Å². The molecule has 0 aromatic heterocycles. The van der Waals surface area contributed by atoms with Gasteiger partial charge in [0.25, 0.3) is 0 Å². The largest absolute Gasteiger partial charge is 0.461 e. The number of aliphatic hydroxyl groups excluding tert-OH is 1. The third-order valence-corrected chi connectivity index (χ3v) is 11.2. The van der Waals surface area contributed by atoms with Gasteiger partial charge in [0.05, 0.1) is 11.9 Å². The number of hydrogen-bond donors (Lipinski definition) is 1. The van der Waals surface area contributed by atoms with E-state index in [1.165, 1.54) is 0 Å². The van der Waals surface area contributed by atoms with E-state index in [4.69, 9.17) is 4.74 Å². The number of nitrogens with zero attached hydrogens (tertiary/aromatic N) is 1. The normalized spacial score (nSPS) is 42.1. The van der Waals surface area contributed by atoms with Crippen molar-refractivity contribution >= 4 is 23.5 Å². The molecule has 8 atom stereocenters. The lowest BCUT2D eigenvalue weighted by Crippen LogP contribution is -2.63. The summed E-state index contributed by atoms with van der Waals surface area (Å²) in [6.45, 7) is 20.0. The third-order valence-electron chi connectivity index (χ3n) is 10.2. The van der Waals surface area contributed by atoms with Gasteiger partial charge in [-0.05, 0) is 56.0 Å². The zero-order chi connectivity index (χ0) is 25.3. The molecule has 3 fully saturated rings. The maximum Gasteiger partial charge on any atom is 0.316 e. The minimum atomic E-state index is -0.624. The van der Waals surface area contributed by atoms with Crippen LogP contribution in [0.2, 0.25) is 0 Å². The Morgan fingerprint density at radius 1 is 1.26 bits per heavy atom. The van der Waals surface area contributed by atoms with Gasteiger partial charge in [0.1, 0.15) is 11.9 Å². The summed E-state index contributed by atoms with van der Waals surface area (Å²) in [4.78, 5) is 28.9. The quantitative estimate of drug-likeness (QED) is 0.210. The summed E-state index contributed by atoms with van der Waals surface area (Å²) >= 11 is 1.61. The van der Waals surface area contributed by atoms with E-state index in [0.717, 1.165) is 44.6 Å². The van der Waals surface area contributed by atoms with Gasteiger partial charge in [-0.15, -0.1) is 18.3 Å². The zero-order valence-corrected chi connectivity index (χ0v) is 23.1. The van der Waals surface area contributed by atoms with Crippen molar-refractivity contribution in [2.24, 2.45) is 34.0 Å². The molecule has 0 spiro atoms. The molecule has 0 saturated heterocycles. The fourth-order valence-electron chi connectivity index (χ4n) is 7.58. The van der Waals surface area contributed by atoms with Crippen LogP contribution in [-0.4, -0.2) is 65.1 Å². The second-order valence-corrected chi connectivity index (χ2v) is 12.7. The van der Waals surface area contributed by atoms with Gasteiger partial charge in [-0.1, -0.05) is 47.6 Å². The Hall–Kier alpha value is -0.850. The average Bonchev–Trinajstić information content (AvgIpc) is 3.17. The number of ether oxygens (including phenoxy) is 1. The Bertz CT molecular complexity index is 770. The molecule has 0 aliphatic heterocycles. The summed E-state index contributed by atoms with van der Waals surface area (Å²) in [7, 11) is 0. The number of carbonyl (C=O) groups excluding carboxylic acids is 2. The van der Waals surface area contributed by atoms with Crippen LogP contribution in [0.15, 0.2) is 12.7 Å². The Morgan fingerprint density at radius 3 is 2.56 bits per heavy atom. The second kappa shape index (κ2) is 10.6. The zero-order valence-electron chi connectivity index (χ0n) is 22.3. The Morgan fingerprint density at radius 2 is 1.94 bits per heavy atom. The first kappa shape index (κ1) is 27.7. The first-order valence-corrected chi connectivity index (χ1v) is 14.5. The number of thioether (sulfide) groups is 1. The highest BCUT2D eigenvalue weighted by Gasteiger charge is 2.68. The number of carbonyl (C=O) groups is 2. The summed E-state index contributed by atoms with van der Waals surface area (Å²) in [5.41, 5.74) is -1.25. The van der Waals surface area contributed by atoms with Gasteiger partial charge < -0.3 is 14.7 Å². The van der Waals surface area contributed by atoms with E-state index in [2.05, 4.69) is 46.1 Å². The number of rotatable bonds is 9. The minimum absolute atomic E-state index is 0.00828. The monoisotopic (exact) mass is 496 g/mol. The minimum Gasteiger partial charge on any atom is -0.461 e. The fourth-order valence-corrected chi connectivity index (χ4v) is 8.35. The predicted molar refractivity (Wildman–Crippen MR) is 140 cm³/mol. The number of Topliss-reactive ketones (excluding diaryl/α,β-unsaturated/α-hetero) is 1. The van der Waals surface area contributed by atoms with E-state index in [9.17, 15) is 14.7 Å². The maximum absolute atomic E-state index is 13.4. The van der Waals surface area contributed by atoms with Crippen LogP contribution in [0.1, 0.15) is 73.6 Å². The molecule has 3 rings (SSSR count). The number of esters is 1. The first-order chi connectivity index (χ1) is 16.0. The Balaban J connectivity index is 1.88. The molecule has 0 heterocycles. The van der Waals surface area contributed by atoms with Crippen molar-refractivity contribution in [3.05, 3.63) is 12.7 Å². The lowest BCUT2D eigenvalue weighted by atomic mass is 9.44. The van der Waals surface area contributed by atoms with Gasteiger partial charge in [-0.2, -0.15) is 0 Å². The summed E-state index contributed by atoms with van der Waals surface area (Å²) in [5, 5.41) is 11.6. The standard InChI is InChI=1S/C28H47NO4S/c1-8-26(6)17-22(33-23(31)18-34-16-15-29(9-2)10-3)27(7)19(4)11-13-28(20(5)25(26)32)14-12-21(30)24(27)28/h8,19-20,22,24-25,32H,1,9-18H2,2-7H3/t19?,20-,22+,24-,25?,26+,27+,28?/m0/s1/i9+1,10+1,15+1. The lowest BCUT2D eigenvalue weighted by Gasteiger charge is -2.61. The van der Waals surface area contributed by atoms with E-state index in [1.807, 2.05) is 13.0 Å². The van der Waals surface area contributed by atoms with Crippen molar-refractivity contribution in [2.75, 3.05) is 31.1 Å². The van der Waals surface area contributed by atoms with Crippen LogP contribution in [-0.2, 0) is 14.3 Å². The molecule has 194 valence electrons. The molecule has 1 N–H and O–H groups in total. The number of ketones is 1. The van der Waals surface area contributed by atoms with Crippen molar-refractivity contribution in [1.29, 1.82) is 0 Å². The van der Waals surface area contributed by atoms with E-state index < -0.39 is 23.0 Å². The van der Waals surface area contributed by atoms with Crippen LogP contribution in [0, 0.1) is 34.0 Å². The molecule has 3 aliphatic carbocycles. The van der Waals surface area contributed by atoms with E-state index in [1.54, 1.807) is 11.8 Å². The van der Waals surface area contributed by atoms with Crippen LogP contribution >= 0.6 is 11.8 Å². The van der Waals surface area contributed by atoms with E-state index >= 15 is 0 Å². The Kier molecular flexibility index (Phi) is 8.68. The van der Waals surface area contributed by atoms with Crippen molar-refractivity contribution < 1.29 is 19.4 Å². The summed E-state index contributed by atoms with van der Waals surface area (Å²) in [5.74, 6) is 1.37. The topological polar surface area (TPSA) is 66.8 Å². The number of hydrogen-bond acceptors (Lipinski definition) is 6. The van der Waals surface area contributed by atoms with Crippen molar-refractivity contribution in [2.45, 2.75) is 85.9 Å². The molecule has 34 heavy (non-hydrogen) atoms. The van der Waals surface area contributed by atoms with Gasteiger partial charge in [-0.3, -0.25) is 9.59 Å². The Labute approximate surface area is 211 Å². The summed E-state index contributed by atoms with van der Waals surface area (Å²) in [6.07, 6.45) is 4.64. The lowest BCUT2D eigenvalue weighted by molar-refractivity contribution is -0.205. The van der Waals surface area contributed by atoms with E-state index in [0.29, 0.717) is 24.4 Å². The third kappa shape index (κ3) is 4.64. The molecule has 2 bridgehead atoms. The van der Waals surface area contributed by atoms with Crippen molar-refractivity contribution in [3.8, 4) is 0 Å². The summed E-state index contributed by atoms with van der Waals surface area (Å²) in [6, 6.07) is 0. The molecular formula is C28H47NO4S. The van der Waals surface area contributed by atoms with Gasteiger partial charge in [0.2, 0.25) is 0 Å². The van der Waals surface area contributed by atoms with Gasteiger partial charge in [0, 0.05) is 35.5 Å². The first-order valence-electron chi connectivity index (χ1n) is 13.3.